The Hall–Kier alpha value is -5.54. The first kappa shape index (κ1) is 27.7. The molecule has 3 nitrogen and oxygen atoms in total. The van der Waals surface area contributed by atoms with Gasteiger partial charge in [0.1, 0.15) is 0 Å². The molecule has 3 aliphatic rings. The molecule has 9 rings (SSSR count). The average molecular weight is 606 g/mol. The van der Waals surface area contributed by atoms with Gasteiger partial charge in [0.05, 0.1) is 28.2 Å². The molecule has 2 aliphatic carbocycles. The number of hydrogen-bond acceptors (Lipinski definition) is 3. The number of hydrogen-bond donors (Lipinski definition) is 0. The summed E-state index contributed by atoms with van der Waals surface area (Å²) in [6.45, 7) is 4.68. The fraction of sp³-hybridized carbons (Fsp3) is 0.136. The molecule has 0 N–H and O–H groups in total. The van der Waals surface area contributed by atoms with Crippen LogP contribution in [0.3, 0.4) is 0 Å². The molecular weight excluding hydrogens is 571 g/mol. The van der Waals surface area contributed by atoms with Crippen LogP contribution in [0.25, 0.3) is 16.8 Å². The summed E-state index contributed by atoms with van der Waals surface area (Å²) in [5.41, 5.74) is 15.1. The molecule has 47 heavy (non-hydrogen) atoms. The van der Waals surface area contributed by atoms with Crippen molar-refractivity contribution in [3.63, 3.8) is 0 Å². The van der Waals surface area contributed by atoms with E-state index < -0.39 is 5.41 Å². The van der Waals surface area contributed by atoms with Gasteiger partial charge >= 0.3 is 0 Å². The SMILES string of the molecule is CC1(C)c2ccccc2N(c2cccc(C3(c4ccccn4)C4=CCCC=C4c4ccccc43)c2)c2cc(-c3ccccn3)ccc21. The lowest BCUT2D eigenvalue weighted by molar-refractivity contribution is 0.632. The van der Waals surface area contributed by atoms with Crippen molar-refractivity contribution < 1.29 is 0 Å². The van der Waals surface area contributed by atoms with Gasteiger partial charge in [0.25, 0.3) is 0 Å². The molecule has 4 aromatic carbocycles. The van der Waals surface area contributed by atoms with Crippen molar-refractivity contribution in [2.75, 3.05) is 4.90 Å². The lowest BCUT2D eigenvalue weighted by atomic mass is 9.68. The minimum absolute atomic E-state index is 0.172. The highest BCUT2D eigenvalue weighted by Gasteiger charge is 2.49. The summed E-state index contributed by atoms with van der Waals surface area (Å²) in [5.74, 6) is 0. The Morgan fingerprint density at radius 2 is 1.34 bits per heavy atom. The minimum Gasteiger partial charge on any atom is -0.310 e. The van der Waals surface area contributed by atoms with Crippen LogP contribution in [-0.4, -0.2) is 9.97 Å². The van der Waals surface area contributed by atoms with E-state index in [0.29, 0.717) is 0 Å². The summed E-state index contributed by atoms with van der Waals surface area (Å²) in [6, 6.07) is 46.3. The first-order valence-electron chi connectivity index (χ1n) is 16.6. The monoisotopic (exact) mass is 605 g/mol. The number of nitrogens with zero attached hydrogens (tertiary/aromatic N) is 3. The number of pyridine rings is 2. The standard InChI is InChI=1S/C44H35N3/c1-43(2)37-20-7-8-22-40(37)47(41-28-30(24-25-38(41)43)39-21-9-11-26-45-39)32-15-13-14-31(29-32)44(42-23-10-12-27-46-42)35-18-5-3-16-33(35)34-17-4-6-19-36(34)44/h3,5,7-29H,4,6H2,1-2H3. The van der Waals surface area contributed by atoms with Crippen LogP contribution < -0.4 is 4.90 Å². The highest BCUT2D eigenvalue weighted by molar-refractivity contribution is 5.95. The van der Waals surface area contributed by atoms with Gasteiger partial charge in [-0.25, -0.2) is 0 Å². The van der Waals surface area contributed by atoms with E-state index in [1.807, 2.05) is 24.5 Å². The molecule has 3 heteroatoms. The van der Waals surface area contributed by atoms with E-state index in [4.69, 9.17) is 9.97 Å². The maximum Gasteiger partial charge on any atom is 0.0883 e. The zero-order valence-electron chi connectivity index (χ0n) is 26.7. The molecule has 0 radical (unpaired) electrons. The van der Waals surface area contributed by atoms with E-state index in [2.05, 4.69) is 146 Å². The summed E-state index contributed by atoms with van der Waals surface area (Å²) in [5, 5.41) is 0. The number of fused-ring (bicyclic) bond motifs is 5. The summed E-state index contributed by atoms with van der Waals surface area (Å²) >= 11 is 0. The smallest absolute Gasteiger partial charge is 0.0883 e. The van der Waals surface area contributed by atoms with Crippen molar-refractivity contribution in [1.82, 2.24) is 9.97 Å². The molecule has 226 valence electrons. The fourth-order valence-electron chi connectivity index (χ4n) is 8.36. The molecular formula is C44H35N3. The largest absolute Gasteiger partial charge is 0.310 e. The maximum absolute atomic E-state index is 5.09. The van der Waals surface area contributed by atoms with Crippen LogP contribution >= 0.6 is 0 Å². The Bertz CT molecular complexity index is 2230. The van der Waals surface area contributed by atoms with E-state index >= 15 is 0 Å². The van der Waals surface area contributed by atoms with Crippen LogP contribution in [-0.2, 0) is 10.8 Å². The lowest BCUT2D eigenvalue weighted by Gasteiger charge is -2.42. The first-order chi connectivity index (χ1) is 23.1. The Morgan fingerprint density at radius 1 is 0.596 bits per heavy atom. The number of rotatable bonds is 4. The Balaban J connectivity index is 1.31. The van der Waals surface area contributed by atoms with Gasteiger partial charge in [-0.05, 0) is 100 Å². The van der Waals surface area contributed by atoms with Crippen LogP contribution in [0.1, 0.15) is 60.2 Å². The number of para-hydroxylation sites is 1. The average Bonchev–Trinajstić information content (AvgIpc) is 3.44. The molecule has 0 saturated heterocycles. The minimum atomic E-state index is -0.521. The first-order valence-corrected chi connectivity index (χ1v) is 16.6. The van der Waals surface area contributed by atoms with Gasteiger partial charge in [-0.2, -0.15) is 0 Å². The van der Waals surface area contributed by atoms with Crippen molar-refractivity contribution >= 4 is 22.6 Å². The molecule has 0 amide bonds. The number of aromatic nitrogens is 2. The van der Waals surface area contributed by atoms with Crippen LogP contribution in [0.5, 0.6) is 0 Å². The summed E-state index contributed by atoms with van der Waals surface area (Å²) < 4.78 is 0. The third kappa shape index (κ3) is 3.99. The normalized spacial score (nSPS) is 18.7. The van der Waals surface area contributed by atoms with E-state index in [0.717, 1.165) is 35.5 Å². The van der Waals surface area contributed by atoms with Crippen molar-refractivity contribution in [3.05, 3.63) is 191 Å². The predicted molar refractivity (Wildman–Crippen MR) is 192 cm³/mol. The Morgan fingerprint density at radius 3 is 2.17 bits per heavy atom. The van der Waals surface area contributed by atoms with E-state index in [9.17, 15) is 0 Å². The fourth-order valence-corrected chi connectivity index (χ4v) is 8.36. The molecule has 0 fully saturated rings. The van der Waals surface area contributed by atoms with Gasteiger partial charge in [-0.1, -0.05) is 105 Å². The molecule has 2 aromatic heterocycles. The third-order valence-electron chi connectivity index (χ3n) is 10.5. The van der Waals surface area contributed by atoms with Gasteiger partial charge < -0.3 is 4.90 Å². The Labute approximate surface area is 276 Å². The molecule has 1 unspecified atom stereocenters. The molecule has 3 heterocycles. The molecule has 1 atom stereocenters. The highest BCUT2D eigenvalue weighted by atomic mass is 15.2. The van der Waals surface area contributed by atoms with E-state index in [1.165, 1.54) is 50.3 Å². The van der Waals surface area contributed by atoms with Gasteiger partial charge in [0.2, 0.25) is 0 Å². The molecule has 0 spiro atoms. The lowest BCUT2D eigenvalue weighted by Crippen LogP contribution is -2.32. The van der Waals surface area contributed by atoms with Gasteiger partial charge in [-0.3, -0.25) is 9.97 Å². The van der Waals surface area contributed by atoms with Crippen LogP contribution in [0.2, 0.25) is 0 Å². The van der Waals surface area contributed by atoms with Crippen molar-refractivity contribution in [3.8, 4) is 11.3 Å². The van der Waals surface area contributed by atoms with E-state index in [1.54, 1.807) is 0 Å². The molecule has 0 saturated carbocycles. The summed E-state index contributed by atoms with van der Waals surface area (Å²) in [4.78, 5) is 12.3. The Kier molecular flexibility index (Phi) is 6.20. The van der Waals surface area contributed by atoms with Crippen molar-refractivity contribution in [2.45, 2.75) is 37.5 Å². The van der Waals surface area contributed by atoms with Gasteiger partial charge in [0, 0.05) is 29.1 Å². The zero-order valence-corrected chi connectivity index (χ0v) is 26.7. The maximum atomic E-state index is 5.09. The number of anilines is 3. The summed E-state index contributed by atoms with van der Waals surface area (Å²) in [6.07, 6.45) is 10.8. The second-order valence-corrected chi connectivity index (χ2v) is 13.3. The second-order valence-electron chi connectivity index (χ2n) is 13.3. The van der Waals surface area contributed by atoms with Crippen LogP contribution in [0, 0.1) is 0 Å². The second kappa shape index (κ2) is 10.5. The van der Waals surface area contributed by atoms with E-state index in [-0.39, 0.29) is 5.41 Å². The van der Waals surface area contributed by atoms with Gasteiger partial charge in [0.15, 0.2) is 0 Å². The van der Waals surface area contributed by atoms with Gasteiger partial charge in [-0.15, -0.1) is 0 Å². The quantitative estimate of drug-likeness (QED) is 0.200. The highest BCUT2D eigenvalue weighted by Crippen LogP contribution is 2.59. The van der Waals surface area contributed by atoms with Crippen molar-refractivity contribution in [2.24, 2.45) is 0 Å². The number of benzene rings is 4. The zero-order chi connectivity index (χ0) is 31.6. The molecule has 1 aliphatic heterocycles. The predicted octanol–water partition coefficient (Wildman–Crippen LogP) is 10.7. The van der Waals surface area contributed by atoms with Crippen molar-refractivity contribution in [1.29, 1.82) is 0 Å². The topological polar surface area (TPSA) is 29.0 Å². The van der Waals surface area contributed by atoms with Crippen LogP contribution in [0.4, 0.5) is 17.1 Å². The summed E-state index contributed by atoms with van der Waals surface area (Å²) in [7, 11) is 0. The molecule has 0 bridgehead atoms. The van der Waals surface area contributed by atoms with Crippen LogP contribution in [0.15, 0.2) is 158 Å². The number of allylic oxidation sites excluding steroid dienone is 4. The third-order valence-corrected chi connectivity index (χ3v) is 10.5. The molecule has 6 aromatic rings.